The third-order valence-corrected chi connectivity index (χ3v) is 7.53. The molecule has 2 fully saturated rings. The number of hydrogen-bond donors (Lipinski definition) is 1. The van der Waals surface area contributed by atoms with Crippen molar-refractivity contribution < 1.29 is 4.74 Å². The molecule has 1 unspecified atom stereocenters. The van der Waals surface area contributed by atoms with Gasteiger partial charge in [0.25, 0.3) is 5.19 Å². The monoisotopic (exact) mass is 421 g/mol. The Morgan fingerprint density at radius 1 is 1.00 bits per heavy atom. The molecule has 1 N–H and O–H groups in total. The third-order valence-electron chi connectivity index (χ3n) is 6.62. The van der Waals surface area contributed by atoms with Crippen molar-refractivity contribution in [3.05, 3.63) is 54.1 Å². The van der Waals surface area contributed by atoms with E-state index in [2.05, 4.69) is 45.5 Å². The van der Waals surface area contributed by atoms with Gasteiger partial charge < -0.3 is 10.1 Å². The maximum absolute atomic E-state index is 6.00. The van der Waals surface area contributed by atoms with Crippen LogP contribution < -0.4 is 10.1 Å². The first-order valence-corrected chi connectivity index (χ1v) is 12.3. The van der Waals surface area contributed by atoms with Crippen LogP contribution in [0.2, 0.25) is 0 Å². The van der Waals surface area contributed by atoms with E-state index in [0.717, 1.165) is 34.5 Å². The smallest absolute Gasteiger partial charge is 0.279 e. The van der Waals surface area contributed by atoms with Gasteiger partial charge in [-0.05, 0) is 88.0 Å². The van der Waals surface area contributed by atoms with Gasteiger partial charge in [-0.15, -0.1) is 0 Å². The Kier molecular flexibility index (Phi) is 6.30. The number of likely N-dealkylation sites (tertiary alicyclic amines) is 1. The van der Waals surface area contributed by atoms with Crippen LogP contribution in [0.15, 0.2) is 48.5 Å². The van der Waals surface area contributed by atoms with E-state index in [4.69, 9.17) is 4.74 Å². The average molecular weight is 422 g/mol. The summed E-state index contributed by atoms with van der Waals surface area (Å²) in [4.78, 5) is 7.41. The average Bonchev–Trinajstić information content (AvgIpc) is 3.22. The minimum absolute atomic E-state index is 0.712. The van der Waals surface area contributed by atoms with Crippen LogP contribution in [0.5, 0.6) is 10.9 Å². The van der Waals surface area contributed by atoms with E-state index in [1.165, 1.54) is 63.7 Å². The summed E-state index contributed by atoms with van der Waals surface area (Å²) >= 11 is 1.60. The second kappa shape index (κ2) is 9.46. The molecule has 2 saturated heterocycles. The Morgan fingerprint density at radius 3 is 2.67 bits per heavy atom. The van der Waals surface area contributed by atoms with E-state index < -0.39 is 0 Å². The Hall–Kier alpha value is -1.95. The quantitative estimate of drug-likeness (QED) is 0.560. The molecule has 0 spiro atoms. The summed E-state index contributed by atoms with van der Waals surface area (Å²) < 4.78 is 7.16. The largest absolute Gasteiger partial charge is 0.431 e. The molecular formula is C25H31N3OS. The first kappa shape index (κ1) is 20.0. The van der Waals surface area contributed by atoms with Crippen LogP contribution in [-0.4, -0.2) is 41.6 Å². The minimum Gasteiger partial charge on any atom is -0.431 e. The molecule has 4 nitrogen and oxygen atoms in total. The molecule has 1 atom stereocenters. The molecule has 30 heavy (non-hydrogen) atoms. The lowest BCUT2D eigenvalue weighted by Gasteiger charge is -2.43. The highest BCUT2D eigenvalue weighted by molar-refractivity contribution is 7.20. The summed E-state index contributed by atoms with van der Waals surface area (Å²) in [5, 5.41) is 4.23. The number of thiazole rings is 1. The minimum atomic E-state index is 0.712. The molecule has 0 aliphatic carbocycles. The molecule has 2 aromatic carbocycles. The van der Waals surface area contributed by atoms with Crippen LogP contribution in [0.25, 0.3) is 10.2 Å². The van der Waals surface area contributed by atoms with Gasteiger partial charge in [0.05, 0.1) is 10.2 Å². The van der Waals surface area contributed by atoms with Crippen LogP contribution in [-0.2, 0) is 6.42 Å². The van der Waals surface area contributed by atoms with E-state index in [1.807, 2.05) is 18.2 Å². The van der Waals surface area contributed by atoms with Crippen molar-refractivity contribution in [2.45, 2.75) is 57.0 Å². The van der Waals surface area contributed by atoms with Crippen molar-refractivity contribution in [3.8, 4) is 10.9 Å². The summed E-state index contributed by atoms with van der Waals surface area (Å²) in [6, 6.07) is 18.3. The highest BCUT2D eigenvalue weighted by atomic mass is 32.1. The number of nitrogens with zero attached hydrogens (tertiary/aromatic N) is 2. The lowest BCUT2D eigenvalue weighted by Crippen LogP contribution is -2.50. The fourth-order valence-corrected chi connectivity index (χ4v) is 5.84. The van der Waals surface area contributed by atoms with E-state index in [0.29, 0.717) is 5.19 Å². The Labute approximate surface area is 183 Å². The zero-order valence-electron chi connectivity index (χ0n) is 17.6. The number of para-hydroxylation sites is 1. The Balaban J connectivity index is 1.18. The molecule has 3 heterocycles. The fourth-order valence-electron chi connectivity index (χ4n) is 5.00. The van der Waals surface area contributed by atoms with Crippen LogP contribution in [0.3, 0.4) is 0 Å². The van der Waals surface area contributed by atoms with Crippen molar-refractivity contribution in [3.63, 3.8) is 0 Å². The summed E-state index contributed by atoms with van der Waals surface area (Å²) in [5.41, 5.74) is 2.40. The van der Waals surface area contributed by atoms with Gasteiger partial charge in [0, 0.05) is 12.1 Å². The van der Waals surface area contributed by atoms with Gasteiger partial charge in [0.2, 0.25) is 0 Å². The zero-order chi connectivity index (χ0) is 20.2. The first-order chi connectivity index (χ1) is 14.8. The summed E-state index contributed by atoms with van der Waals surface area (Å²) in [6.07, 6.45) is 9.17. The molecule has 158 valence electrons. The number of nitrogens with one attached hydrogen (secondary N) is 1. The number of hydrogen-bond acceptors (Lipinski definition) is 5. The van der Waals surface area contributed by atoms with E-state index >= 15 is 0 Å². The van der Waals surface area contributed by atoms with E-state index in [9.17, 15) is 0 Å². The topological polar surface area (TPSA) is 37.4 Å². The highest BCUT2D eigenvalue weighted by Crippen LogP contribution is 2.31. The highest BCUT2D eigenvalue weighted by Gasteiger charge is 2.29. The van der Waals surface area contributed by atoms with Gasteiger partial charge in [-0.25, -0.2) is 4.98 Å². The normalized spacial score (nSPS) is 21.1. The SMILES string of the molecule is c1ccc2sc(Oc3ccc(CCC4CCCCN4C4CCNCC4)cc3)nc2c1. The number of rotatable bonds is 6. The Morgan fingerprint density at radius 2 is 1.83 bits per heavy atom. The number of fused-ring (bicyclic) bond motifs is 1. The van der Waals surface area contributed by atoms with Crippen molar-refractivity contribution in [1.82, 2.24) is 15.2 Å². The number of benzene rings is 2. The van der Waals surface area contributed by atoms with E-state index in [-0.39, 0.29) is 0 Å². The van der Waals surface area contributed by atoms with Crippen molar-refractivity contribution >= 4 is 21.6 Å². The van der Waals surface area contributed by atoms with Gasteiger partial charge in [0.15, 0.2) is 0 Å². The predicted octanol–water partition coefficient (Wildman–Crippen LogP) is 5.63. The molecule has 3 aromatic rings. The maximum atomic E-state index is 6.00. The summed E-state index contributed by atoms with van der Waals surface area (Å²) in [7, 11) is 0. The van der Waals surface area contributed by atoms with Crippen LogP contribution in [0, 0.1) is 0 Å². The van der Waals surface area contributed by atoms with E-state index in [1.54, 1.807) is 11.3 Å². The fraction of sp³-hybridized carbons (Fsp3) is 0.480. The standard InChI is InChI=1S/C25H31N3OS/c1-2-7-24-23(6-1)27-25(30-24)29-22-12-9-19(10-13-22)8-11-20-5-3-4-18-28(20)21-14-16-26-17-15-21/h1-2,6-7,9-10,12-13,20-21,26H,3-5,8,11,14-18H2. The lowest BCUT2D eigenvalue weighted by atomic mass is 9.92. The maximum Gasteiger partial charge on any atom is 0.279 e. The number of ether oxygens (including phenoxy) is 1. The molecule has 1 aromatic heterocycles. The molecule has 0 radical (unpaired) electrons. The second-order valence-electron chi connectivity index (χ2n) is 8.60. The molecule has 2 aliphatic heterocycles. The molecule has 2 aliphatic rings. The van der Waals surface area contributed by atoms with Crippen molar-refractivity contribution in [2.75, 3.05) is 19.6 Å². The molecule has 5 heteroatoms. The Bertz CT molecular complexity index is 915. The third kappa shape index (κ3) is 4.69. The number of aryl methyl sites for hydroxylation is 1. The van der Waals surface area contributed by atoms with Gasteiger partial charge >= 0.3 is 0 Å². The number of aromatic nitrogens is 1. The second-order valence-corrected chi connectivity index (χ2v) is 9.59. The van der Waals surface area contributed by atoms with Gasteiger partial charge in [-0.3, -0.25) is 4.90 Å². The van der Waals surface area contributed by atoms with Gasteiger partial charge in [0.1, 0.15) is 5.75 Å². The molecule has 5 rings (SSSR count). The van der Waals surface area contributed by atoms with Gasteiger partial charge in [-0.2, -0.15) is 0 Å². The number of piperidine rings is 2. The lowest BCUT2D eigenvalue weighted by molar-refractivity contribution is 0.0716. The van der Waals surface area contributed by atoms with Gasteiger partial charge in [-0.1, -0.05) is 42.0 Å². The molecule has 0 amide bonds. The molecule has 0 bridgehead atoms. The molecular weight excluding hydrogens is 390 g/mol. The summed E-state index contributed by atoms with van der Waals surface area (Å²) in [6.45, 7) is 3.66. The van der Waals surface area contributed by atoms with Crippen molar-refractivity contribution in [1.29, 1.82) is 0 Å². The summed E-state index contributed by atoms with van der Waals surface area (Å²) in [5.74, 6) is 0.867. The van der Waals surface area contributed by atoms with Crippen LogP contribution in [0.1, 0.15) is 44.1 Å². The zero-order valence-corrected chi connectivity index (χ0v) is 18.4. The molecule has 0 saturated carbocycles. The van der Waals surface area contributed by atoms with Crippen LogP contribution >= 0.6 is 11.3 Å². The first-order valence-electron chi connectivity index (χ1n) is 11.4. The predicted molar refractivity (Wildman–Crippen MR) is 125 cm³/mol. The van der Waals surface area contributed by atoms with Crippen LogP contribution in [0.4, 0.5) is 0 Å². The van der Waals surface area contributed by atoms with Crippen molar-refractivity contribution in [2.24, 2.45) is 0 Å².